The Morgan fingerprint density at radius 2 is 1.64 bits per heavy atom. The minimum absolute atomic E-state index is 0.0611. The van der Waals surface area contributed by atoms with E-state index in [0.29, 0.717) is 30.3 Å². The zero-order chi connectivity index (χ0) is 20.5. The Morgan fingerprint density at radius 3 is 2.29 bits per heavy atom. The zero-order valence-corrected chi connectivity index (χ0v) is 17.0. The van der Waals surface area contributed by atoms with Gasteiger partial charge in [0.25, 0.3) is 0 Å². The van der Waals surface area contributed by atoms with Gasteiger partial charge in [-0.1, -0.05) is 26.8 Å². The molecule has 6 nitrogen and oxygen atoms in total. The summed E-state index contributed by atoms with van der Waals surface area (Å²) in [6.45, 7) is 8.72. The van der Waals surface area contributed by atoms with Crippen LogP contribution in [0.2, 0.25) is 0 Å². The van der Waals surface area contributed by atoms with Crippen molar-refractivity contribution in [2.45, 2.75) is 34.1 Å². The van der Waals surface area contributed by atoms with Crippen LogP contribution in [0, 0.1) is 12.8 Å². The van der Waals surface area contributed by atoms with Crippen molar-refractivity contribution in [2.75, 3.05) is 29.1 Å². The van der Waals surface area contributed by atoms with Gasteiger partial charge in [0, 0.05) is 23.5 Å². The molecule has 0 unspecified atom stereocenters. The highest BCUT2D eigenvalue weighted by Gasteiger charge is 2.07. The summed E-state index contributed by atoms with van der Waals surface area (Å²) >= 11 is 0. The topological polar surface area (TPSA) is 79.5 Å². The van der Waals surface area contributed by atoms with Crippen molar-refractivity contribution in [1.82, 2.24) is 0 Å². The number of benzene rings is 2. The molecule has 2 rings (SSSR count). The molecule has 0 aromatic heterocycles. The Kier molecular flexibility index (Phi) is 7.87. The van der Waals surface area contributed by atoms with Crippen LogP contribution in [0.4, 0.5) is 17.1 Å². The van der Waals surface area contributed by atoms with E-state index < -0.39 is 0 Å². The maximum absolute atomic E-state index is 12.2. The lowest BCUT2D eigenvalue weighted by molar-refractivity contribution is -0.116. The van der Waals surface area contributed by atoms with Gasteiger partial charge < -0.3 is 20.7 Å². The summed E-state index contributed by atoms with van der Waals surface area (Å²) in [5.74, 6) is 1.05. The average molecular weight is 383 g/mol. The quantitative estimate of drug-likeness (QED) is 0.598. The SMILES string of the molecule is CCC(=O)Nc1cc(NC(=O)CNc2ccc(OCC(C)C)cc2)ccc1C. The van der Waals surface area contributed by atoms with Crippen LogP contribution in [0.5, 0.6) is 5.75 Å². The second-order valence-corrected chi connectivity index (χ2v) is 7.06. The van der Waals surface area contributed by atoms with Crippen molar-refractivity contribution in [3.05, 3.63) is 48.0 Å². The molecule has 0 aliphatic rings. The average Bonchev–Trinajstić information content (AvgIpc) is 2.68. The van der Waals surface area contributed by atoms with Gasteiger partial charge in [-0.15, -0.1) is 0 Å². The van der Waals surface area contributed by atoms with E-state index in [1.54, 1.807) is 13.0 Å². The van der Waals surface area contributed by atoms with Crippen molar-refractivity contribution in [3.63, 3.8) is 0 Å². The highest BCUT2D eigenvalue weighted by molar-refractivity contribution is 5.96. The van der Waals surface area contributed by atoms with Crippen molar-refractivity contribution in [2.24, 2.45) is 5.92 Å². The number of rotatable bonds is 9. The number of carbonyl (C=O) groups excluding carboxylic acids is 2. The molecule has 2 aromatic rings. The van der Waals surface area contributed by atoms with E-state index in [1.807, 2.05) is 43.3 Å². The van der Waals surface area contributed by atoms with Gasteiger partial charge in [-0.2, -0.15) is 0 Å². The van der Waals surface area contributed by atoms with E-state index in [2.05, 4.69) is 29.8 Å². The van der Waals surface area contributed by atoms with Crippen LogP contribution >= 0.6 is 0 Å². The Bertz CT molecular complexity index is 801. The summed E-state index contributed by atoms with van der Waals surface area (Å²) < 4.78 is 5.65. The van der Waals surface area contributed by atoms with Crippen LogP contribution in [-0.2, 0) is 9.59 Å². The molecule has 0 saturated heterocycles. The van der Waals surface area contributed by atoms with E-state index in [9.17, 15) is 9.59 Å². The third-order valence-corrected chi connectivity index (χ3v) is 4.01. The monoisotopic (exact) mass is 383 g/mol. The van der Waals surface area contributed by atoms with Gasteiger partial charge in [-0.25, -0.2) is 0 Å². The molecular weight excluding hydrogens is 354 g/mol. The molecule has 0 radical (unpaired) electrons. The van der Waals surface area contributed by atoms with Crippen LogP contribution < -0.4 is 20.7 Å². The van der Waals surface area contributed by atoms with Gasteiger partial charge in [-0.05, 0) is 54.8 Å². The molecule has 3 N–H and O–H groups in total. The lowest BCUT2D eigenvalue weighted by Gasteiger charge is -2.12. The summed E-state index contributed by atoms with van der Waals surface area (Å²) in [5.41, 5.74) is 3.13. The second kappa shape index (κ2) is 10.3. The number of nitrogens with one attached hydrogen (secondary N) is 3. The molecule has 0 saturated carbocycles. The molecule has 2 amide bonds. The van der Waals surface area contributed by atoms with E-state index in [4.69, 9.17) is 4.74 Å². The van der Waals surface area contributed by atoms with Gasteiger partial charge in [0.15, 0.2) is 0 Å². The number of aryl methyl sites for hydroxylation is 1. The zero-order valence-electron chi connectivity index (χ0n) is 17.0. The molecule has 0 bridgehead atoms. The first-order valence-electron chi connectivity index (χ1n) is 9.54. The number of amides is 2. The summed E-state index contributed by atoms with van der Waals surface area (Å²) in [5, 5.41) is 8.76. The van der Waals surface area contributed by atoms with Crippen molar-refractivity contribution < 1.29 is 14.3 Å². The summed E-state index contributed by atoms with van der Waals surface area (Å²) in [4.78, 5) is 23.8. The third-order valence-electron chi connectivity index (χ3n) is 4.01. The predicted octanol–water partition coefficient (Wildman–Crippen LogP) is 4.43. The number of carbonyl (C=O) groups is 2. The Balaban J connectivity index is 1.87. The van der Waals surface area contributed by atoms with Crippen LogP contribution in [0.1, 0.15) is 32.8 Å². The van der Waals surface area contributed by atoms with E-state index in [1.165, 1.54) is 0 Å². The lowest BCUT2D eigenvalue weighted by atomic mass is 10.1. The molecular formula is C22H29N3O3. The van der Waals surface area contributed by atoms with Crippen molar-refractivity contribution in [1.29, 1.82) is 0 Å². The molecule has 28 heavy (non-hydrogen) atoms. The molecule has 6 heteroatoms. The number of hydrogen-bond donors (Lipinski definition) is 3. The maximum Gasteiger partial charge on any atom is 0.243 e. The third kappa shape index (κ3) is 6.95. The van der Waals surface area contributed by atoms with Crippen LogP contribution in [0.15, 0.2) is 42.5 Å². The van der Waals surface area contributed by atoms with Crippen LogP contribution in [-0.4, -0.2) is 25.0 Å². The fraction of sp³-hybridized carbons (Fsp3) is 0.364. The first-order chi connectivity index (χ1) is 13.4. The molecule has 0 spiro atoms. The normalized spacial score (nSPS) is 10.5. The molecule has 0 aliphatic heterocycles. The molecule has 0 heterocycles. The molecule has 2 aromatic carbocycles. The van der Waals surface area contributed by atoms with Gasteiger partial charge in [-0.3, -0.25) is 9.59 Å². The molecule has 0 fully saturated rings. The number of hydrogen-bond acceptors (Lipinski definition) is 4. The minimum atomic E-state index is -0.170. The van der Waals surface area contributed by atoms with E-state index in [0.717, 1.165) is 17.0 Å². The maximum atomic E-state index is 12.2. The van der Waals surface area contributed by atoms with Gasteiger partial charge in [0.2, 0.25) is 11.8 Å². The molecule has 0 aliphatic carbocycles. The summed E-state index contributed by atoms with van der Waals surface area (Å²) in [6.07, 6.45) is 0.404. The van der Waals surface area contributed by atoms with E-state index in [-0.39, 0.29) is 18.4 Å². The second-order valence-electron chi connectivity index (χ2n) is 7.06. The number of ether oxygens (including phenoxy) is 1. The predicted molar refractivity (Wildman–Crippen MR) is 114 cm³/mol. The van der Waals surface area contributed by atoms with Gasteiger partial charge >= 0.3 is 0 Å². The standard InChI is InChI=1S/C22H29N3O3/c1-5-21(26)25-20-12-18(7-6-16(20)4)24-22(27)13-23-17-8-10-19(11-9-17)28-14-15(2)3/h6-12,15,23H,5,13-14H2,1-4H3,(H,24,27)(H,25,26). The van der Waals surface area contributed by atoms with Crippen LogP contribution in [0.3, 0.4) is 0 Å². The first-order valence-corrected chi connectivity index (χ1v) is 9.54. The number of anilines is 3. The fourth-order valence-electron chi connectivity index (χ4n) is 2.39. The Morgan fingerprint density at radius 1 is 0.964 bits per heavy atom. The Labute approximate surface area is 166 Å². The van der Waals surface area contributed by atoms with Gasteiger partial charge in [0.1, 0.15) is 5.75 Å². The molecule has 0 atom stereocenters. The smallest absolute Gasteiger partial charge is 0.243 e. The Hall–Kier alpha value is -3.02. The first kappa shape index (κ1) is 21.3. The van der Waals surface area contributed by atoms with Crippen LogP contribution in [0.25, 0.3) is 0 Å². The fourth-order valence-corrected chi connectivity index (χ4v) is 2.39. The van der Waals surface area contributed by atoms with Crippen molar-refractivity contribution in [3.8, 4) is 5.75 Å². The van der Waals surface area contributed by atoms with E-state index >= 15 is 0 Å². The summed E-state index contributed by atoms with van der Waals surface area (Å²) in [6, 6.07) is 13.0. The molecule has 150 valence electrons. The minimum Gasteiger partial charge on any atom is -0.493 e. The summed E-state index contributed by atoms with van der Waals surface area (Å²) in [7, 11) is 0. The largest absolute Gasteiger partial charge is 0.493 e. The van der Waals surface area contributed by atoms with Gasteiger partial charge in [0.05, 0.1) is 13.2 Å². The lowest BCUT2D eigenvalue weighted by Crippen LogP contribution is -2.22. The van der Waals surface area contributed by atoms with Crippen molar-refractivity contribution >= 4 is 28.9 Å². The highest BCUT2D eigenvalue weighted by atomic mass is 16.5. The highest BCUT2D eigenvalue weighted by Crippen LogP contribution is 2.21.